The Bertz CT molecular complexity index is 1060. The molecule has 1 atom stereocenters. The molecule has 1 heterocycles. The molecule has 3 rings (SSSR count). The molecule has 0 aliphatic carbocycles. The van der Waals surface area contributed by atoms with E-state index >= 15 is 0 Å². The first kappa shape index (κ1) is 23.2. The Morgan fingerprint density at radius 3 is 2.45 bits per heavy atom. The van der Waals surface area contributed by atoms with Crippen LogP contribution in [0.2, 0.25) is 0 Å². The molecule has 10 heteroatoms. The van der Waals surface area contributed by atoms with Crippen molar-refractivity contribution in [3.63, 3.8) is 0 Å². The molecule has 1 unspecified atom stereocenters. The lowest BCUT2D eigenvalue weighted by Gasteiger charge is -2.15. The number of rotatable bonds is 8. The molecule has 0 saturated heterocycles. The lowest BCUT2D eigenvalue weighted by Crippen LogP contribution is -2.28. The van der Waals surface area contributed by atoms with Gasteiger partial charge >= 0.3 is 0 Å². The second kappa shape index (κ2) is 10.7. The van der Waals surface area contributed by atoms with E-state index in [4.69, 9.17) is 0 Å². The summed E-state index contributed by atoms with van der Waals surface area (Å²) in [4.78, 5) is 24.7. The first-order valence-corrected chi connectivity index (χ1v) is 11.6. The van der Waals surface area contributed by atoms with E-state index in [1.165, 1.54) is 36.0 Å². The first-order valence-electron chi connectivity index (χ1n) is 9.55. The van der Waals surface area contributed by atoms with Crippen LogP contribution in [-0.4, -0.2) is 32.3 Å². The van der Waals surface area contributed by atoms with Crippen LogP contribution in [0.1, 0.15) is 36.1 Å². The minimum atomic E-state index is -0.417. The van der Waals surface area contributed by atoms with Gasteiger partial charge in [-0.1, -0.05) is 11.8 Å². The zero-order valence-electron chi connectivity index (χ0n) is 16.9. The fourth-order valence-corrected chi connectivity index (χ4v) is 4.00. The lowest BCUT2D eigenvalue weighted by atomic mass is 10.2. The number of hydrogen-bond acceptors (Lipinski definition) is 5. The quantitative estimate of drug-likeness (QED) is 0.322. The Morgan fingerprint density at radius 1 is 1.13 bits per heavy atom. The molecule has 3 aromatic rings. The second-order valence-electron chi connectivity index (χ2n) is 6.63. The van der Waals surface area contributed by atoms with Crippen LogP contribution >= 0.6 is 34.4 Å². The van der Waals surface area contributed by atoms with Gasteiger partial charge in [0.2, 0.25) is 5.91 Å². The first-order chi connectivity index (χ1) is 14.9. The number of amides is 2. The number of nitrogens with one attached hydrogen (secondary N) is 2. The van der Waals surface area contributed by atoms with Gasteiger partial charge in [-0.2, -0.15) is 0 Å². The van der Waals surface area contributed by atoms with E-state index < -0.39 is 11.9 Å². The van der Waals surface area contributed by atoms with E-state index in [-0.39, 0.29) is 17.6 Å². The maximum Gasteiger partial charge on any atom is 0.251 e. The van der Waals surface area contributed by atoms with Crippen LogP contribution in [0.25, 0.3) is 0 Å². The zero-order valence-corrected chi connectivity index (χ0v) is 19.9. The van der Waals surface area contributed by atoms with Crippen LogP contribution in [0, 0.1) is 9.39 Å². The average Bonchev–Trinajstić information content (AvgIpc) is 3.17. The smallest absolute Gasteiger partial charge is 0.251 e. The average molecular weight is 553 g/mol. The highest BCUT2D eigenvalue weighted by Crippen LogP contribution is 2.21. The maximum absolute atomic E-state index is 13.1. The molecular formula is C21H21FIN5O2S. The summed E-state index contributed by atoms with van der Waals surface area (Å²) in [6.07, 6.45) is 0. The predicted octanol–water partition coefficient (Wildman–Crippen LogP) is 4.26. The van der Waals surface area contributed by atoms with Crippen LogP contribution in [-0.2, 0) is 11.3 Å². The normalized spacial score (nSPS) is 11.7. The van der Waals surface area contributed by atoms with Gasteiger partial charge in [0.25, 0.3) is 5.91 Å². The van der Waals surface area contributed by atoms with Crippen LogP contribution < -0.4 is 10.6 Å². The van der Waals surface area contributed by atoms with Gasteiger partial charge in [-0.3, -0.25) is 9.59 Å². The standard InChI is InChI=1S/C21H21FIN5O2S/c1-3-28-19(13(2)24-20(30)14-4-6-15(22)7-5-14)26-27-21(28)31-12-18(29)25-17-10-8-16(23)9-11-17/h4-11,13H,3,12H2,1-2H3,(H,24,30)(H,25,29). The summed E-state index contributed by atoms with van der Waals surface area (Å²) in [6, 6.07) is 12.5. The van der Waals surface area contributed by atoms with Crippen molar-refractivity contribution >= 4 is 51.9 Å². The molecule has 1 aromatic heterocycles. The lowest BCUT2D eigenvalue weighted by molar-refractivity contribution is -0.113. The summed E-state index contributed by atoms with van der Waals surface area (Å²) in [7, 11) is 0. The monoisotopic (exact) mass is 553 g/mol. The second-order valence-corrected chi connectivity index (χ2v) is 8.82. The molecule has 0 bridgehead atoms. The van der Waals surface area contributed by atoms with Gasteiger partial charge in [-0.25, -0.2) is 4.39 Å². The summed E-state index contributed by atoms with van der Waals surface area (Å²) in [5.74, 6) is -0.109. The highest BCUT2D eigenvalue weighted by Gasteiger charge is 2.20. The number of carbonyl (C=O) groups is 2. The summed E-state index contributed by atoms with van der Waals surface area (Å²) in [5.41, 5.74) is 1.10. The van der Waals surface area contributed by atoms with E-state index in [9.17, 15) is 14.0 Å². The van der Waals surface area contributed by atoms with Crippen molar-refractivity contribution in [2.24, 2.45) is 0 Å². The van der Waals surface area contributed by atoms with Crippen molar-refractivity contribution in [3.8, 4) is 0 Å². The maximum atomic E-state index is 13.1. The van der Waals surface area contributed by atoms with Crippen LogP contribution in [0.4, 0.5) is 10.1 Å². The summed E-state index contributed by atoms with van der Waals surface area (Å²) in [5, 5.41) is 14.7. The summed E-state index contributed by atoms with van der Waals surface area (Å²) in [6.45, 7) is 4.33. The van der Waals surface area contributed by atoms with Gasteiger partial charge < -0.3 is 15.2 Å². The Morgan fingerprint density at radius 2 is 1.81 bits per heavy atom. The minimum absolute atomic E-state index is 0.143. The molecule has 0 spiro atoms. The van der Waals surface area contributed by atoms with Crippen LogP contribution in [0.5, 0.6) is 0 Å². The molecule has 2 aromatic carbocycles. The van der Waals surface area contributed by atoms with E-state index in [1.54, 1.807) is 6.92 Å². The van der Waals surface area contributed by atoms with Crippen molar-refractivity contribution in [1.82, 2.24) is 20.1 Å². The third kappa shape index (κ3) is 6.26. The van der Waals surface area contributed by atoms with Gasteiger partial charge in [0.1, 0.15) is 5.82 Å². The van der Waals surface area contributed by atoms with Gasteiger partial charge in [0.15, 0.2) is 11.0 Å². The number of thioether (sulfide) groups is 1. The molecule has 2 N–H and O–H groups in total. The molecule has 0 saturated carbocycles. The number of hydrogen-bond donors (Lipinski definition) is 2. The molecule has 0 aliphatic rings. The minimum Gasteiger partial charge on any atom is -0.342 e. The topological polar surface area (TPSA) is 88.9 Å². The van der Waals surface area contributed by atoms with E-state index in [1.807, 2.05) is 35.8 Å². The number of anilines is 1. The number of nitrogens with zero attached hydrogens (tertiary/aromatic N) is 3. The fourth-order valence-electron chi connectivity index (χ4n) is 2.83. The van der Waals surface area contributed by atoms with E-state index in [2.05, 4.69) is 43.4 Å². The molecule has 0 fully saturated rings. The van der Waals surface area contributed by atoms with Crippen molar-refractivity contribution in [1.29, 1.82) is 0 Å². The van der Waals surface area contributed by atoms with E-state index in [0.717, 1.165) is 9.26 Å². The van der Waals surface area contributed by atoms with E-state index in [0.29, 0.717) is 23.1 Å². The predicted molar refractivity (Wildman–Crippen MR) is 126 cm³/mol. The summed E-state index contributed by atoms with van der Waals surface area (Å²) >= 11 is 3.48. The number of carbonyl (C=O) groups excluding carboxylic acids is 2. The van der Waals surface area contributed by atoms with Crippen LogP contribution in [0.3, 0.4) is 0 Å². The van der Waals surface area contributed by atoms with Gasteiger partial charge in [0, 0.05) is 21.4 Å². The Kier molecular flexibility index (Phi) is 8.02. The molecule has 2 amide bonds. The molecule has 0 aliphatic heterocycles. The Hall–Kier alpha value is -2.47. The molecular weight excluding hydrogens is 532 g/mol. The third-order valence-corrected chi connectivity index (χ3v) is 6.05. The summed E-state index contributed by atoms with van der Waals surface area (Å²) < 4.78 is 16.0. The van der Waals surface area contributed by atoms with Gasteiger partial charge in [0.05, 0.1) is 11.8 Å². The largest absolute Gasteiger partial charge is 0.342 e. The van der Waals surface area contributed by atoms with Gasteiger partial charge in [-0.05, 0) is 85.0 Å². The molecule has 7 nitrogen and oxygen atoms in total. The SMILES string of the molecule is CCn1c(SCC(=O)Nc2ccc(I)cc2)nnc1C(C)NC(=O)c1ccc(F)cc1. The molecule has 31 heavy (non-hydrogen) atoms. The van der Waals surface area contributed by atoms with Gasteiger partial charge in [-0.15, -0.1) is 10.2 Å². The van der Waals surface area contributed by atoms with Crippen molar-refractivity contribution in [2.45, 2.75) is 31.6 Å². The highest BCUT2D eigenvalue weighted by molar-refractivity contribution is 14.1. The third-order valence-electron chi connectivity index (χ3n) is 4.36. The molecule has 0 radical (unpaired) electrons. The number of benzene rings is 2. The Labute approximate surface area is 197 Å². The van der Waals surface area contributed by atoms with Crippen molar-refractivity contribution in [2.75, 3.05) is 11.1 Å². The van der Waals surface area contributed by atoms with Crippen molar-refractivity contribution in [3.05, 3.63) is 69.3 Å². The number of aromatic nitrogens is 3. The van der Waals surface area contributed by atoms with Crippen LogP contribution in [0.15, 0.2) is 53.7 Å². The molecule has 162 valence electrons. The van der Waals surface area contributed by atoms with Crippen molar-refractivity contribution < 1.29 is 14.0 Å². The highest BCUT2D eigenvalue weighted by atomic mass is 127. The fraction of sp³-hybridized carbons (Fsp3) is 0.238. The zero-order chi connectivity index (χ0) is 22.4. The Balaban J connectivity index is 1.61. The number of halogens is 2.